The van der Waals surface area contributed by atoms with Gasteiger partial charge in [0.1, 0.15) is 23.8 Å². The van der Waals surface area contributed by atoms with Crippen molar-refractivity contribution < 1.29 is 57.8 Å². The number of likely N-dealkylation sites (tertiary alicyclic amines) is 1. The van der Waals surface area contributed by atoms with Crippen LogP contribution in [0.15, 0.2) is 66.7 Å². The Morgan fingerprint density at radius 2 is 1.65 bits per heavy atom. The number of aryl methyl sites for hydroxylation is 2. The molecule has 9 N–H and O–H groups in total. The minimum atomic E-state index is -5.04. The van der Waals surface area contributed by atoms with Crippen LogP contribution in [0.4, 0.5) is 5.69 Å². The van der Waals surface area contributed by atoms with Crippen LogP contribution in [0.2, 0.25) is 0 Å². The highest BCUT2D eigenvalue weighted by atomic mass is 31.2. The lowest BCUT2D eigenvalue weighted by Gasteiger charge is -2.35. The number of ether oxygens (including phenoxy) is 1. The summed E-state index contributed by atoms with van der Waals surface area (Å²) in [5, 5.41) is 19.3. The molecule has 20 heteroatoms. The highest BCUT2D eigenvalue weighted by Crippen LogP contribution is 2.41. The minimum absolute atomic E-state index is 0.0337. The molecule has 386 valence electrons. The number of benzene rings is 3. The van der Waals surface area contributed by atoms with Gasteiger partial charge in [-0.25, -0.2) is 0 Å². The SMILES string of the molecule is CC1C[C@@H](O)CN1C(=O)[C@@H](NC(=O)CCCCc1ccc(CO[C@H](C)[C@H](CCC(N)=O)NC(=O)[C@@H]2Cc3cccc4c3N2C(=O)[C@@H](NC(=O)c2cc3cc(C(=O)P(=O)(O)O)ccc3[nH]2)CC4)cc1)C(C)(C)C. The molecule has 0 radical (unpaired) electrons. The molecule has 4 heterocycles. The van der Waals surface area contributed by atoms with E-state index in [1.54, 1.807) is 11.8 Å². The maximum Gasteiger partial charge on any atom is 0.396 e. The maximum absolute atomic E-state index is 14.5. The average Bonchev–Trinajstić information content (AvgIpc) is 4.02. The molecule has 6 amide bonds. The third-order valence-corrected chi connectivity index (χ3v) is 14.7. The lowest BCUT2D eigenvalue weighted by molar-refractivity contribution is -0.140. The molecule has 3 aromatic carbocycles. The molecule has 4 aromatic rings. The summed E-state index contributed by atoms with van der Waals surface area (Å²) in [6.07, 6.45) is 2.74. The van der Waals surface area contributed by atoms with Gasteiger partial charge in [-0.05, 0) is 111 Å². The normalized spacial score (nSPS) is 20.1. The number of para-hydroxylation sites is 1. The largest absolute Gasteiger partial charge is 0.396 e. The van der Waals surface area contributed by atoms with Crippen LogP contribution in [0.25, 0.3) is 10.9 Å². The Labute approximate surface area is 418 Å². The van der Waals surface area contributed by atoms with E-state index in [0.29, 0.717) is 35.9 Å². The van der Waals surface area contributed by atoms with Crippen molar-refractivity contribution in [1.29, 1.82) is 0 Å². The van der Waals surface area contributed by atoms with E-state index < -0.39 is 78.5 Å². The van der Waals surface area contributed by atoms with Crippen molar-refractivity contribution in [2.75, 3.05) is 11.4 Å². The molecule has 7 rings (SSSR count). The van der Waals surface area contributed by atoms with Crippen molar-refractivity contribution in [2.45, 2.75) is 148 Å². The monoisotopic (exact) mass is 1010 g/mol. The Kier molecular flexibility index (Phi) is 16.6. The Balaban J connectivity index is 0.936. The van der Waals surface area contributed by atoms with Crippen LogP contribution in [0.1, 0.15) is 123 Å². The molecule has 0 spiro atoms. The number of carbonyl (C=O) groups is 7. The van der Waals surface area contributed by atoms with Crippen molar-refractivity contribution in [2.24, 2.45) is 11.1 Å². The smallest absolute Gasteiger partial charge is 0.391 e. The first kappa shape index (κ1) is 53.6. The molecule has 1 saturated heterocycles. The van der Waals surface area contributed by atoms with E-state index in [1.807, 2.05) is 70.2 Å². The number of aliphatic hydroxyl groups excluding tert-OH is 1. The molecule has 7 atom stereocenters. The fourth-order valence-electron chi connectivity index (χ4n) is 9.89. The number of carbonyl (C=O) groups excluding carboxylic acids is 7. The van der Waals surface area contributed by atoms with Crippen molar-refractivity contribution in [1.82, 2.24) is 25.8 Å². The molecule has 3 aliphatic heterocycles. The second-order valence-corrected chi connectivity index (χ2v) is 22.0. The number of anilines is 1. The Morgan fingerprint density at radius 1 is 0.944 bits per heavy atom. The van der Waals surface area contributed by atoms with Crippen molar-refractivity contribution in [3.8, 4) is 0 Å². The summed E-state index contributed by atoms with van der Waals surface area (Å²) >= 11 is 0. The highest BCUT2D eigenvalue weighted by Gasteiger charge is 2.45. The van der Waals surface area contributed by atoms with Gasteiger partial charge in [0, 0.05) is 48.3 Å². The zero-order valence-electron chi connectivity index (χ0n) is 41.3. The van der Waals surface area contributed by atoms with Crippen LogP contribution in [0.3, 0.4) is 0 Å². The Morgan fingerprint density at radius 3 is 2.32 bits per heavy atom. The number of H-pyrrole nitrogens is 1. The van der Waals surface area contributed by atoms with Gasteiger partial charge in [-0.15, -0.1) is 0 Å². The molecule has 19 nitrogen and oxygen atoms in total. The number of aromatic nitrogens is 1. The Bertz CT molecular complexity index is 2770. The number of β-amino-alcohol motifs (C(OH)–C–C–N with tert-alkyl or cyclic N) is 1. The number of nitrogens with one attached hydrogen (secondary N) is 4. The summed E-state index contributed by atoms with van der Waals surface area (Å²) < 4.78 is 17.8. The summed E-state index contributed by atoms with van der Waals surface area (Å²) in [6.45, 7) is 9.90. The van der Waals surface area contributed by atoms with Crippen LogP contribution in [-0.2, 0) is 59.1 Å². The standard InChI is InChI=1S/C52H66N7O12P/c1-29-23-37(60)27-58(29)50(66)46(52(3,4)5)57-44(62)12-7-6-9-31-13-15-32(16-14-31)28-71-30(2)38(21-22-43(53)61)55-48(64)42-26-34-11-8-10-33-17-20-40(49(65)59(42)45(33)34)56-47(63)41-25-36-24-35(18-19-39(36)54-41)51(67)72(68,69)70/h8,10-11,13-16,18-19,24-25,29-30,37-38,40,42,46,54,60H,6-7,9,12,17,20-23,26-28H2,1-5H3,(H2,53,61)(H,55,64)(H,56,63)(H,57,62)(H2,68,69,70)/t29?,30-,37-,38+,40+,42+,46-/m1/s1. The van der Waals surface area contributed by atoms with E-state index in [2.05, 4.69) is 20.9 Å². The molecular formula is C52H66N7O12P. The predicted molar refractivity (Wildman–Crippen MR) is 267 cm³/mol. The van der Waals surface area contributed by atoms with Crippen LogP contribution >= 0.6 is 7.60 Å². The number of hydrogen-bond acceptors (Lipinski definition) is 10. The summed E-state index contributed by atoms with van der Waals surface area (Å²) in [5.41, 5.74) is 8.13. The van der Waals surface area contributed by atoms with E-state index in [-0.39, 0.29) is 74.4 Å². The average molecular weight is 1010 g/mol. The number of nitrogens with two attached hydrogens (primary N) is 1. The molecular weight excluding hydrogens is 946 g/mol. The fraction of sp³-hybridized carbons (Fsp3) is 0.481. The summed E-state index contributed by atoms with van der Waals surface area (Å²) in [6, 6.07) is 15.3. The third-order valence-electron chi connectivity index (χ3n) is 13.9. The van der Waals surface area contributed by atoms with Gasteiger partial charge in [0.15, 0.2) is 0 Å². The van der Waals surface area contributed by atoms with Crippen LogP contribution in [-0.4, -0.2) is 115 Å². The van der Waals surface area contributed by atoms with Gasteiger partial charge < -0.3 is 51.2 Å². The number of unbranched alkanes of at least 4 members (excludes halogenated alkanes) is 1. The first-order chi connectivity index (χ1) is 34.0. The second kappa shape index (κ2) is 22.3. The minimum Gasteiger partial charge on any atom is -0.391 e. The van der Waals surface area contributed by atoms with Gasteiger partial charge in [-0.3, -0.25) is 43.0 Å². The van der Waals surface area contributed by atoms with Gasteiger partial charge in [-0.1, -0.05) is 63.2 Å². The first-order valence-electron chi connectivity index (χ1n) is 24.5. The lowest BCUT2D eigenvalue weighted by Crippen LogP contribution is -2.56. The number of rotatable bonds is 20. The van der Waals surface area contributed by atoms with E-state index in [9.17, 15) is 53.0 Å². The van der Waals surface area contributed by atoms with Crippen molar-refractivity contribution >= 4 is 65.2 Å². The van der Waals surface area contributed by atoms with Crippen LogP contribution in [0.5, 0.6) is 0 Å². The number of hydrogen-bond donors (Lipinski definition) is 8. The zero-order valence-corrected chi connectivity index (χ0v) is 42.2. The van der Waals surface area contributed by atoms with Gasteiger partial charge in [0.05, 0.1) is 30.5 Å². The third kappa shape index (κ3) is 12.7. The van der Waals surface area contributed by atoms with Crippen molar-refractivity contribution in [3.05, 3.63) is 100 Å². The molecule has 1 unspecified atom stereocenters. The topological polar surface area (TPSA) is 291 Å². The highest BCUT2D eigenvalue weighted by molar-refractivity contribution is 7.70. The van der Waals surface area contributed by atoms with E-state index in [1.165, 1.54) is 29.2 Å². The van der Waals surface area contributed by atoms with Gasteiger partial charge >= 0.3 is 7.60 Å². The zero-order chi connectivity index (χ0) is 52.2. The fourth-order valence-corrected chi connectivity index (χ4v) is 10.4. The van der Waals surface area contributed by atoms with Crippen LogP contribution < -0.4 is 26.6 Å². The van der Waals surface area contributed by atoms with Gasteiger partial charge in [0.25, 0.3) is 11.4 Å². The number of primary amides is 1. The summed E-state index contributed by atoms with van der Waals surface area (Å²) in [7, 11) is -5.04. The molecule has 0 bridgehead atoms. The summed E-state index contributed by atoms with van der Waals surface area (Å²) in [4.78, 5) is 118. The predicted octanol–water partition coefficient (Wildman–Crippen LogP) is 4.07. The number of aliphatic hydroxyl groups is 1. The number of nitrogens with zero attached hydrogens (tertiary/aromatic N) is 2. The Hall–Kier alpha value is -6.24. The van der Waals surface area contributed by atoms with Gasteiger partial charge in [-0.2, -0.15) is 0 Å². The number of fused-ring (bicyclic) bond motifs is 1. The molecule has 1 aromatic heterocycles. The molecule has 1 fully saturated rings. The van der Waals surface area contributed by atoms with E-state index >= 15 is 0 Å². The number of aromatic amines is 1. The quantitative estimate of drug-likeness (QED) is 0.0460. The van der Waals surface area contributed by atoms with Crippen LogP contribution in [0, 0.1) is 5.41 Å². The van der Waals surface area contributed by atoms with Gasteiger partial charge in [0.2, 0.25) is 29.5 Å². The van der Waals surface area contributed by atoms with E-state index in [4.69, 9.17) is 10.5 Å². The molecule has 0 saturated carbocycles. The number of amides is 6. The maximum atomic E-state index is 14.5. The van der Waals surface area contributed by atoms with E-state index in [0.717, 1.165) is 35.1 Å². The molecule has 72 heavy (non-hydrogen) atoms. The first-order valence-corrected chi connectivity index (χ1v) is 26.1. The molecule has 3 aliphatic rings. The molecule has 0 aliphatic carbocycles. The second-order valence-electron chi connectivity index (χ2n) is 20.5. The van der Waals surface area contributed by atoms with Crippen molar-refractivity contribution in [3.63, 3.8) is 0 Å². The lowest BCUT2D eigenvalue weighted by atomic mass is 9.85. The summed E-state index contributed by atoms with van der Waals surface area (Å²) in [5.74, 6) is -2.52.